The van der Waals surface area contributed by atoms with Crippen LogP contribution in [0.5, 0.6) is 0 Å². The minimum absolute atomic E-state index is 0.0494. The number of esters is 2. The van der Waals surface area contributed by atoms with Gasteiger partial charge in [-0.2, -0.15) is 0 Å². The van der Waals surface area contributed by atoms with Crippen molar-refractivity contribution >= 4 is 57.0 Å². The Balaban J connectivity index is 4.39. The number of carboxylic acids is 2. The normalized spacial score (nSPS) is 12.4. The Kier molecular flexibility index (Phi) is 19.7. The molecule has 12 nitrogen and oxygen atoms in total. The highest BCUT2D eigenvalue weighted by atomic mass is 33.1. The SMILES string of the molecule is CCOC(=O)CCC(=O)C(CC(=O)OCC)NCCSSCCNC(CC(=O)O)C(=O)CCC(=O)O. The van der Waals surface area contributed by atoms with Gasteiger partial charge in [-0.25, -0.2) is 0 Å². The third-order valence-electron chi connectivity index (χ3n) is 4.53. The fourth-order valence-electron chi connectivity index (χ4n) is 2.87. The molecule has 0 amide bonds. The summed E-state index contributed by atoms with van der Waals surface area (Å²) in [6.07, 6.45) is -1.26. The Hall–Kier alpha value is -2.16. The number of hydrogen-bond acceptors (Lipinski definition) is 12. The van der Waals surface area contributed by atoms with Gasteiger partial charge < -0.3 is 30.3 Å². The van der Waals surface area contributed by atoms with E-state index in [4.69, 9.17) is 19.7 Å². The van der Waals surface area contributed by atoms with E-state index in [1.807, 2.05) is 0 Å². The molecule has 2 unspecified atom stereocenters. The summed E-state index contributed by atoms with van der Waals surface area (Å²) in [7, 11) is 2.95. The number of carbonyl (C=O) groups excluding carboxylic acids is 4. The Morgan fingerprint density at radius 2 is 1.14 bits per heavy atom. The molecule has 0 aromatic heterocycles. The van der Waals surface area contributed by atoms with E-state index in [9.17, 15) is 28.8 Å². The number of carboxylic acid groups (broad SMARTS) is 2. The molecule has 0 aliphatic carbocycles. The molecule has 0 aliphatic heterocycles. The predicted octanol–water partition coefficient (Wildman–Crippen LogP) is 1.06. The van der Waals surface area contributed by atoms with Crippen LogP contribution in [0, 0.1) is 0 Å². The van der Waals surface area contributed by atoms with Crippen LogP contribution in [-0.4, -0.2) is 95.5 Å². The number of aliphatic carboxylic acids is 2. The zero-order valence-electron chi connectivity index (χ0n) is 20.6. The van der Waals surface area contributed by atoms with Crippen molar-refractivity contribution in [2.45, 2.75) is 64.5 Å². The number of carbonyl (C=O) groups is 6. The number of ether oxygens (including phenoxy) is 2. The summed E-state index contributed by atoms with van der Waals surface area (Å²) in [5.41, 5.74) is 0. The van der Waals surface area contributed by atoms with Crippen molar-refractivity contribution in [3.05, 3.63) is 0 Å². The molecule has 14 heteroatoms. The molecular formula is C22H36N2O10S2. The minimum atomic E-state index is -1.15. The summed E-state index contributed by atoms with van der Waals surface area (Å²) in [5.74, 6) is -2.86. The lowest BCUT2D eigenvalue weighted by Gasteiger charge is -2.17. The van der Waals surface area contributed by atoms with Gasteiger partial charge in [0, 0.05) is 37.4 Å². The van der Waals surface area contributed by atoms with E-state index < -0.39 is 48.2 Å². The van der Waals surface area contributed by atoms with Gasteiger partial charge in [0.1, 0.15) is 0 Å². The van der Waals surface area contributed by atoms with E-state index in [0.29, 0.717) is 24.6 Å². The second kappa shape index (κ2) is 21.0. The summed E-state index contributed by atoms with van der Waals surface area (Å²) in [4.78, 5) is 69.4. The molecule has 0 aromatic rings. The number of Topliss-reactive ketones (excluding diaryl/α,β-unsaturated/α-hetero) is 2. The van der Waals surface area contributed by atoms with Crippen LogP contribution < -0.4 is 10.6 Å². The van der Waals surface area contributed by atoms with Crippen LogP contribution in [0.4, 0.5) is 0 Å². The number of hydrogen-bond donors (Lipinski definition) is 4. The fourth-order valence-corrected chi connectivity index (χ4v) is 4.71. The van der Waals surface area contributed by atoms with Gasteiger partial charge in [0.2, 0.25) is 0 Å². The van der Waals surface area contributed by atoms with Crippen molar-refractivity contribution in [2.75, 3.05) is 37.8 Å². The average Bonchev–Trinajstić information content (AvgIpc) is 2.81. The van der Waals surface area contributed by atoms with Crippen molar-refractivity contribution in [1.82, 2.24) is 10.6 Å². The van der Waals surface area contributed by atoms with E-state index in [1.54, 1.807) is 13.8 Å². The summed E-state index contributed by atoms with van der Waals surface area (Å²) < 4.78 is 9.74. The molecule has 0 aromatic carbocycles. The molecule has 0 rings (SSSR count). The van der Waals surface area contributed by atoms with Crippen LogP contribution in [0.1, 0.15) is 52.4 Å². The maximum atomic E-state index is 12.5. The fraction of sp³-hybridized carbons (Fsp3) is 0.727. The number of ketones is 2. The van der Waals surface area contributed by atoms with Crippen molar-refractivity contribution in [1.29, 1.82) is 0 Å². The molecule has 0 radical (unpaired) electrons. The van der Waals surface area contributed by atoms with Crippen molar-refractivity contribution < 1.29 is 48.5 Å². The standard InChI is InChI=1S/C22H36N2O10S2/c1-3-33-21(31)8-6-18(26)16(14-22(32)34-4-2)24-10-12-36-35-11-9-23-15(13-20(29)30)17(25)5-7-19(27)28/h15-16,23-24H,3-14H2,1-2H3,(H,27,28)(H,29,30). The highest BCUT2D eigenvalue weighted by Crippen LogP contribution is 2.19. The molecule has 4 N–H and O–H groups in total. The average molecular weight is 553 g/mol. The molecule has 0 saturated heterocycles. The molecule has 0 heterocycles. The Morgan fingerprint density at radius 3 is 1.61 bits per heavy atom. The van der Waals surface area contributed by atoms with E-state index in [-0.39, 0.29) is 51.1 Å². The lowest BCUT2D eigenvalue weighted by atomic mass is 10.0. The Labute approximate surface area is 218 Å². The van der Waals surface area contributed by atoms with Crippen LogP contribution in [0.15, 0.2) is 0 Å². The number of nitrogens with one attached hydrogen (secondary N) is 2. The minimum Gasteiger partial charge on any atom is -0.481 e. The highest BCUT2D eigenvalue weighted by molar-refractivity contribution is 8.76. The quantitative estimate of drug-likeness (QED) is 0.0800. The lowest BCUT2D eigenvalue weighted by Crippen LogP contribution is -2.40. The van der Waals surface area contributed by atoms with Gasteiger partial charge in [-0.1, -0.05) is 21.6 Å². The molecule has 0 spiro atoms. The third kappa shape index (κ3) is 18.2. The maximum absolute atomic E-state index is 12.5. The van der Waals surface area contributed by atoms with Crippen molar-refractivity contribution in [3.63, 3.8) is 0 Å². The molecular weight excluding hydrogens is 516 g/mol. The first kappa shape index (κ1) is 33.8. The molecule has 2 atom stereocenters. The smallest absolute Gasteiger partial charge is 0.307 e. The first-order chi connectivity index (χ1) is 17.1. The predicted molar refractivity (Wildman–Crippen MR) is 135 cm³/mol. The summed E-state index contributed by atoms with van der Waals surface area (Å²) in [6.45, 7) is 4.52. The monoisotopic (exact) mass is 552 g/mol. The van der Waals surface area contributed by atoms with Crippen LogP contribution in [0.25, 0.3) is 0 Å². The van der Waals surface area contributed by atoms with Crippen LogP contribution in [0.2, 0.25) is 0 Å². The summed E-state index contributed by atoms with van der Waals surface area (Å²) >= 11 is 0. The van der Waals surface area contributed by atoms with Gasteiger partial charge in [0.15, 0.2) is 11.6 Å². The summed E-state index contributed by atoms with van der Waals surface area (Å²) in [6, 6.07) is -1.72. The van der Waals surface area contributed by atoms with Gasteiger partial charge in [-0.15, -0.1) is 0 Å². The Morgan fingerprint density at radius 1 is 0.667 bits per heavy atom. The molecule has 0 fully saturated rings. The molecule has 206 valence electrons. The molecule has 36 heavy (non-hydrogen) atoms. The first-order valence-electron chi connectivity index (χ1n) is 11.6. The molecule has 0 bridgehead atoms. The molecule has 0 aliphatic rings. The van der Waals surface area contributed by atoms with E-state index in [2.05, 4.69) is 10.6 Å². The van der Waals surface area contributed by atoms with Crippen molar-refractivity contribution in [3.8, 4) is 0 Å². The van der Waals surface area contributed by atoms with Gasteiger partial charge in [-0.05, 0) is 13.8 Å². The zero-order chi connectivity index (χ0) is 27.3. The highest BCUT2D eigenvalue weighted by Gasteiger charge is 2.23. The van der Waals surface area contributed by atoms with Crippen LogP contribution in [0.3, 0.4) is 0 Å². The van der Waals surface area contributed by atoms with E-state index in [0.717, 1.165) is 0 Å². The maximum Gasteiger partial charge on any atom is 0.307 e. The van der Waals surface area contributed by atoms with Gasteiger partial charge in [0.25, 0.3) is 0 Å². The van der Waals surface area contributed by atoms with Gasteiger partial charge >= 0.3 is 23.9 Å². The van der Waals surface area contributed by atoms with Gasteiger partial charge in [0.05, 0.1) is 51.0 Å². The lowest BCUT2D eigenvalue weighted by molar-refractivity contribution is -0.146. The zero-order valence-corrected chi connectivity index (χ0v) is 22.2. The third-order valence-corrected chi connectivity index (χ3v) is 6.94. The van der Waals surface area contributed by atoms with E-state index in [1.165, 1.54) is 21.6 Å². The van der Waals surface area contributed by atoms with Crippen molar-refractivity contribution in [2.24, 2.45) is 0 Å². The second-order valence-electron chi connectivity index (χ2n) is 7.40. The summed E-state index contributed by atoms with van der Waals surface area (Å²) in [5, 5.41) is 23.5. The van der Waals surface area contributed by atoms with E-state index >= 15 is 0 Å². The first-order valence-corrected chi connectivity index (χ1v) is 14.1. The van der Waals surface area contributed by atoms with Crippen LogP contribution in [-0.2, 0) is 38.2 Å². The van der Waals surface area contributed by atoms with Gasteiger partial charge in [-0.3, -0.25) is 28.8 Å². The molecule has 0 saturated carbocycles. The topological polar surface area (TPSA) is 185 Å². The Bertz CT molecular complexity index is 736. The van der Waals surface area contributed by atoms with Crippen LogP contribution >= 0.6 is 21.6 Å². The largest absolute Gasteiger partial charge is 0.481 e. The second-order valence-corrected chi connectivity index (χ2v) is 10.1. The number of rotatable bonds is 23.